The Morgan fingerprint density at radius 3 is 2.39 bits per heavy atom. The first-order valence-electron chi connectivity index (χ1n) is 9.07. The minimum Gasteiger partial charge on any atom is -0.459 e. The molecule has 1 heterocycles. The van der Waals surface area contributed by atoms with E-state index in [4.69, 9.17) is 4.42 Å². The Bertz CT molecular complexity index is 1160. The summed E-state index contributed by atoms with van der Waals surface area (Å²) in [5.74, 6) is -1.45. The predicted octanol–water partition coefficient (Wildman–Crippen LogP) is 3.80. The molecule has 31 heavy (non-hydrogen) atoms. The highest BCUT2D eigenvalue weighted by Crippen LogP contribution is 2.17. The highest BCUT2D eigenvalue weighted by Gasteiger charge is 2.17. The van der Waals surface area contributed by atoms with Gasteiger partial charge in [-0.3, -0.25) is 24.5 Å². The van der Waals surface area contributed by atoms with Gasteiger partial charge in [0.15, 0.2) is 11.5 Å². The topological polar surface area (TPSA) is 132 Å². The van der Waals surface area contributed by atoms with Crippen LogP contribution in [0.2, 0.25) is 0 Å². The van der Waals surface area contributed by atoms with E-state index in [0.29, 0.717) is 16.8 Å². The van der Waals surface area contributed by atoms with E-state index in [2.05, 4.69) is 10.6 Å². The Balaban J connectivity index is 1.89. The molecule has 3 rings (SSSR count). The van der Waals surface area contributed by atoms with Gasteiger partial charge < -0.3 is 15.1 Å². The lowest BCUT2D eigenvalue weighted by atomic mass is 10.1. The molecule has 0 unspecified atom stereocenters. The fourth-order valence-corrected chi connectivity index (χ4v) is 2.63. The molecule has 0 saturated heterocycles. The van der Waals surface area contributed by atoms with E-state index in [0.717, 1.165) is 0 Å². The van der Waals surface area contributed by atoms with Gasteiger partial charge in [-0.05, 0) is 55.0 Å². The molecule has 3 aromatic rings. The van der Waals surface area contributed by atoms with Gasteiger partial charge in [-0.1, -0.05) is 12.1 Å². The molecule has 2 amide bonds. The number of nitrogens with zero attached hydrogens (tertiary/aromatic N) is 1. The fraction of sp³-hybridized carbons (Fsp3) is 0.0455. The van der Waals surface area contributed by atoms with Crippen LogP contribution in [0.25, 0.3) is 6.08 Å². The first-order valence-corrected chi connectivity index (χ1v) is 9.07. The van der Waals surface area contributed by atoms with Gasteiger partial charge in [-0.15, -0.1) is 0 Å². The van der Waals surface area contributed by atoms with Gasteiger partial charge in [0.05, 0.1) is 11.2 Å². The first-order chi connectivity index (χ1) is 14.8. The summed E-state index contributed by atoms with van der Waals surface area (Å²) in [7, 11) is 0. The quantitative estimate of drug-likeness (QED) is 0.259. The van der Waals surface area contributed by atoms with Gasteiger partial charge in [0.2, 0.25) is 0 Å². The Morgan fingerprint density at radius 1 is 1.03 bits per heavy atom. The van der Waals surface area contributed by atoms with E-state index >= 15 is 0 Å². The molecule has 9 nitrogen and oxygen atoms in total. The molecule has 0 aliphatic carbocycles. The minimum atomic E-state index is -0.665. The van der Waals surface area contributed by atoms with Crippen LogP contribution in [-0.4, -0.2) is 22.5 Å². The average molecular weight is 419 g/mol. The molecule has 1 aromatic heterocycles. The largest absolute Gasteiger partial charge is 0.459 e. The number of furan rings is 1. The summed E-state index contributed by atoms with van der Waals surface area (Å²) in [6.07, 6.45) is 2.63. The van der Waals surface area contributed by atoms with Crippen LogP contribution in [0.15, 0.2) is 77.0 Å². The predicted molar refractivity (Wildman–Crippen MR) is 112 cm³/mol. The van der Waals surface area contributed by atoms with E-state index in [1.165, 1.54) is 49.6 Å². The van der Waals surface area contributed by atoms with Gasteiger partial charge in [0.1, 0.15) is 5.70 Å². The molecule has 0 aliphatic heterocycles. The number of amides is 2. The van der Waals surface area contributed by atoms with Crippen LogP contribution in [0, 0.1) is 10.1 Å². The molecule has 9 heteroatoms. The van der Waals surface area contributed by atoms with Crippen molar-refractivity contribution in [2.75, 3.05) is 5.32 Å². The molecule has 0 atom stereocenters. The standard InChI is InChI=1S/C22H17N3O6/c1-14(26)16-7-9-17(10-8-16)23-21(27)19(24-22(28)20-6-3-11-31-20)13-15-4-2-5-18(12-15)25(29)30/h2-13H,1H3,(H,23,27)(H,24,28). The Morgan fingerprint density at radius 2 is 1.77 bits per heavy atom. The van der Waals surface area contributed by atoms with Crippen molar-refractivity contribution >= 4 is 35.0 Å². The van der Waals surface area contributed by atoms with Crippen LogP contribution in [0.1, 0.15) is 33.4 Å². The van der Waals surface area contributed by atoms with Gasteiger partial charge in [-0.25, -0.2) is 0 Å². The molecular formula is C22H17N3O6. The van der Waals surface area contributed by atoms with E-state index in [9.17, 15) is 24.5 Å². The van der Waals surface area contributed by atoms with Crippen LogP contribution in [0.4, 0.5) is 11.4 Å². The van der Waals surface area contributed by atoms with Crippen LogP contribution in [0.3, 0.4) is 0 Å². The first kappa shape index (κ1) is 21.2. The molecule has 0 saturated carbocycles. The van der Waals surface area contributed by atoms with Crippen molar-refractivity contribution in [3.8, 4) is 0 Å². The molecule has 156 valence electrons. The summed E-state index contributed by atoms with van der Waals surface area (Å²) < 4.78 is 5.04. The molecule has 2 N–H and O–H groups in total. The molecule has 0 spiro atoms. The lowest BCUT2D eigenvalue weighted by molar-refractivity contribution is -0.384. The number of anilines is 1. The summed E-state index contributed by atoms with van der Waals surface area (Å²) in [4.78, 5) is 47.1. The van der Waals surface area contributed by atoms with Crippen molar-refractivity contribution in [3.05, 3.63) is 99.6 Å². The summed E-state index contributed by atoms with van der Waals surface area (Å²) in [6.45, 7) is 1.43. The lowest BCUT2D eigenvalue weighted by Gasteiger charge is -2.11. The van der Waals surface area contributed by atoms with E-state index in [1.54, 1.807) is 30.3 Å². The summed E-state index contributed by atoms with van der Waals surface area (Å²) >= 11 is 0. The molecule has 0 aliphatic rings. The van der Waals surface area contributed by atoms with E-state index in [-0.39, 0.29) is 22.9 Å². The number of Topliss-reactive ketones (excluding diaryl/α,β-unsaturated/α-hetero) is 1. The maximum atomic E-state index is 12.8. The highest BCUT2D eigenvalue weighted by atomic mass is 16.6. The van der Waals surface area contributed by atoms with Crippen molar-refractivity contribution in [1.29, 1.82) is 0 Å². The second-order valence-electron chi connectivity index (χ2n) is 6.43. The Hall–Kier alpha value is -4.53. The lowest BCUT2D eigenvalue weighted by Crippen LogP contribution is -2.30. The Labute approximate surface area is 176 Å². The van der Waals surface area contributed by atoms with Crippen molar-refractivity contribution in [3.63, 3.8) is 0 Å². The van der Waals surface area contributed by atoms with Crippen molar-refractivity contribution < 1.29 is 23.7 Å². The number of ketones is 1. The summed E-state index contributed by atoms with van der Waals surface area (Å²) in [5.41, 5.74) is 0.901. The number of hydrogen-bond acceptors (Lipinski definition) is 6. The number of nitro benzene ring substituents is 1. The second kappa shape index (κ2) is 9.31. The minimum absolute atomic E-state index is 0.0106. The number of non-ortho nitro benzene ring substituents is 1. The fourth-order valence-electron chi connectivity index (χ4n) is 2.63. The van der Waals surface area contributed by atoms with Gasteiger partial charge >= 0.3 is 0 Å². The summed E-state index contributed by atoms with van der Waals surface area (Å²) in [6, 6.07) is 14.8. The van der Waals surface area contributed by atoms with Gasteiger partial charge in [0.25, 0.3) is 17.5 Å². The number of nitro groups is 1. The monoisotopic (exact) mass is 419 g/mol. The molecule has 0 radical (unpaired) electrons. The molecule has 0 fully saturated rings. The van der Waals surface area contributed by atoms with E-state index in [1.807, 2.05) is 0 Å². The number of benzene rings is 2. The molecular weight excluding hydrogens is 402 g/mol. The molecule has 2 aromatic carbocycles. The van der Waals surface area contributed by atoms with Crippen LogP contribution in [-0.2, 0) is 4.79 Å². The van der Waals surface area contributed by atoms with Gasteiger partial charge in [0, 0.05) is 23.4 Å². The molecule has 0 bridgehead atoms. The third kappa shape index (κ3) is 5.51. The second-order valence-corrected chi connectivity index (χ2v) is 6.43. The van der Waals surface area contributed by atoms with Crippen molar-refractivity contribution in [2.24, 2.45) is 0 Å². The van der Waals surface area contributed by atoms with Crippen molar-refractivity contribution in [1.82, 2.24) is 5.32 Å². The van der Waals surface area contributed by atoms with Crippen LogP contribution < -0.4 is 10.6 Å². The number of rotatable bonds is 7. The zero-order valence-electron chi connectivity index (χ0n) is 16.3. The SMILES string of the molecule is CC(=O)c1ccc(NC(=O)C(=Cc2cccc([N+](=O)[O-])c2)NC(=O)c2ccco2)cc1. The zero-order chi connectivity index (χ0) is 22.4. The number of carbonyl (C=O) groups is 3. The number of carbonyl (C=O) groups excluding carboxylic acids is 3. The Kier molecular flexibility index (Phi) is 6.36. The zero-order valence-corrected chi connectivity index (χ0v) is 16.3. The smallest absolute Gasteiger partial charge is 0.291 e. The van der Waals surface area contributed by atoms with Crippen molar-refractivity contribution in [2.45, 2.75) is 6.92 Å². The van der Waals surface area contributed by atoms with E-state index < -0.39 is 16.7 Å². The third-order valence-electron chi connectivity index (χ3n) is 4.18. The summed E-state index contributed by atoms with van der Waals surface area (Å²) in [5, 5.41) is 16.1. The van der Waals surface area contributed by atoms with Crippen LogP contribution >= 0.6 is 0 Å². The maximum Gasteiger partial charge on any atom is 0.291 e. The highest BCUT2D eigenvalue weighted by molar-refractivity contribution is 6.10. The van der Waals surface area contributed by atoms with Crippen LogP contribution in [0.5, 0.6) is 0 Å². The number of nitrogens with one attached hydrogen (secondary N) is 2. The maximum absolute atomic E-state index is 12.8. The van der Waals surface area contributed by atoms with Gasteiger partial charge in [-0.2, -0.15) is 0 Å². The normalized spacial score (nSPS) is 10.9. The number of hydrogen-bond donors (Lipinski definition) is 2. The average Bonchev–Trinajstić information content (AvgIpc) is 3.29. The third-order valence-corrected chi connectivity index (χ3v) is 4.18.